The molecule has 4 aliphatic carbocycles. The molecule has 5 rings (SSSR count). The van der Waals surface area contributed by atoms with E-state index in [2.05, 4.69) is 4.72 Å². The highest BCUT2D eigenvalue weighted by atomic mass is 32.2. The van der Waals surface area contributed by atoms with Gasteiger partial charge in [0.15, 0.2) is 5.78 Å². The van der Waals surface area contributed by atoms with Crippen molar-refractivity contribution in [1.29, 1.82) is 0 Å². The molecule has 4 bridgehead atoms. The molecule has 2 unspecified atom stereocenters. The maximum absolute atomic E-state index is 13.5. The van der Waals surface area contributed by atoms with Gasteiger partial charge in [0.1, 0.15) is 16.4 Å². The predicted octanol–water partition coefficient (Wildman–Crippen LogP) is 2.79. The quantitative estimate of drug-likeness (QED) is 0.562. The molecule has 0 radical (unpaired) electrons. The van der Waals surface area contributed by atoms with Crippen LogP contribution in [0.5, 0.6) is 11.5 Å². The summed E-state index contributed by atoms with van der Waals surface area (Å²) in [4.78, 5) is 25.8. The predicted molar refractivity (Wildman–Crippen MR) is 122 cm³/mol. The van der Waals surface area contributed by atoms with Crippen molar-refractivity contribution in [2.45, 2.75) is 69.2 Å². The standard InChI is InChI=1S/C24H34N2O6S/c1-22(2,26-33(29,30)19-6-5-17(31-3)8-18(19)32-4)20(27)13-23-9-15-7-16(10-23)12-24(11-15,14-23)21(25)28/h5-6,8,15-16,26H,7,9-14H2,1-4H3,(H2,25,28). The molecule has 0 saturated heterocycles. The second-order valence-electron chi connectivity index (χ2n) is 11.0. The molecule has 0 aromatic heterocycles. The van der Waals surface area contributed by atoms with E-state index in [9.17, 15) is 18.0 Å². The number of carbonyl (C=O) groups is 2. The van der Waals surface area contributed by atoms with Gasteiger partial charge in [-0.05, 0) is 81.8 Å². The number of hydrogen-bond acceptors (Lipinski definition) is 6. The summed E-state index contributed by atoms with van der Waals surface area (Å²) in [6.45, 7) is 3.18. The van der Waals surface area contributed by atoms with Gasteiger partial charge in [-0.1, -0.05) is 0 Å². The number of ketones is 1. The number of benzene rings is 1. The zero-order chi connectivity index (χ0) is 24.2. The highest BCUT2D eigenvalue weighted by Crippen LogP contribution is 2.66. The highest BCUT2D eigenvalue weighted by molar-refractivity contribution is 7.89. The lowest BCUT2D eigenvalue weighted by Crippen LogP contribution is -2.58. The number of methoxy groups -OCH3 is 2. The Labute approximate surface area is 195 Å². The van der Waals surface area contributed by atoms with Crippen LogP contribution in [0.1, 0.15) is 58.8 Å². The zero-order valence-corrected chi connectivity index (χ0v) is 20.6. The molecule has 4 aliphatic rings. The normalized spacial score (nSPS) is 30.8. The Bertz CT molecular complexity index is 1070. The fraction of sp³-hybridized carbons (Fsp3) is 0.667. The molecule has 8 nitrogen and oxygen atoms in total. The molecule has 3 N–H and O–H groups in total. The number of Topliss-reactive ketones (excluding diaryl/α,β-unsaturated/α-hetero) is 1. The average Bonchev–Trinajstić information content (AvgIpc) is 2.71. The van der Waals surface area contributed by atoms with Crippen LogP contribution in [0, 0.1) is 22.7 Å². The van der Waals surface area contributed by atoms with Gasteiger partial charge in [-0.2, -0.15) is 4.72 Å². The van der Waals surface area contributed by atoms with Crippen LogP contribution in [0.3, 0.4) is 0 Å². The second kappa shape index (κ2) is 7.98. The molecular weight excluding hydrogens is 444 g/mol. The smallest absolute Gasteiger partial charge is 0.245 e. The van der Waals surface area contributed by atoms with E-state index in [0.29, 0.717) is 24.0 Å². The van der Waals surface area contributed by atoms with Crippen LogP contribution in [0.2, 0.25) is 0 Å². The number of hydrogen-bond donors (Lipinski definition) is 2. The van der Waals surface area contributed by atoms with E-state index in [4.69, 9.17) is 15.2 Å². The summed E-state index contributed by atoms with van der Waals surface area (Å²) in [6.07, 6.45) is 5.41. The number of amides is 1. The summed E-state index contributed by atoms with van der Waals surface area (Å²) in [5.41, 5.74) is 3.71. The van der Waals surface area contributed by atoms with Gasteiger partial charge >= 0.3 is 0 Å². The van der Waals surface area contributed by atoms with E-state index in [-0.39, 0.29) is 34.2 Å². The van der Waals surface area contributed by atoms with Crippen LogP contribution < -0.4 is 19.9 Å². The van der Waals surface area contributed by atoms with Gasteiger partial charge < -0.3 is 15.2 Å². The van der Waals surface area contributed by atoms with Crippen molar-refractivity contribution < 1.29 is 27.5 Å². The van der Waals surface area contributed by atoms with Crippen LogP contribution in [-0.2, 0) is 19.6 Å². The summed E-state index contributed by atoms with van der Waals surface area (Å²) >= 11 is 0. The molecule has 1 aromatic carbocycles. The van der Waals surface area contributed by atoms with Gasteiger partial charge in [0, 0.05) is 12.5 Å². The third kappa shape index (κ3) is 4.25. The van der Waals surface area contributed by atoms with Gasteiger partial charge in [-0.15, -0.1) is 0 Å². The summed E-state index contributed by atoms with van der Waals surface area (Å²) < 4.78 is 39.4. The lowest BCUT2D eigenvalue weighted by Gasteiger charge is -2.61. The Morgan fingerprint density at radius 2 is 1.76 bits per heavy atom. The molecule has 4 fully saturated rings. The van der Waals surface area contributed by atoms with E-state index < -0.39 is 21.0 Å². The Kier molecular flexibility index (Phi) is 5.80. The van der Waals surface area contributed by atoms with Crippen molar-refractivity contribution in [3.63, 3.8) is 0 Å². The van der Waals surface area contributed by atoms with E-state index >= 15 is 0 Å². The van der Waals surface area contributed by atoms with Crippen LogP contribution >= 0.6 is 0 Å². The van der Waals surface area contributed by atoms with Crippen molar-refractivity contribution >= 4 is 21.7 Å². The number of nitrogens with two attached hydrogens (primary N) is 1. The Balaban J connectivity index is 1.55. The van der Waals surface area contributed by atoms with Crippen molar-refractivity contribution in [1.82, 2.24) is 4.72 Å². The highest BCUT2D eigenvalue weighted by Gasteiger charge is 2.60. The van der Waals surface area contributed by atoms with Crippen molar-refractivity contribution in [3.8, 4) is 11.5 Å². The minimum Gasteiger partial charge on any atom is -0.497 e. The number of rotatable bonds is 9. The number of primary amides is 1. The van der Waals surface area contributed by atoms with Gasteiger partial charge in [-0.3, -0.25) is 9.59 Å². The van der Waals surface area contributed by atoms with Crippen molar-refractivity contribution in [2.75, 3.05) is 14.2 Å². The Morgan fingerprint density at radius 1 is 1.12 bits per heavy atom. The number of carbonyl (C=O) groups excluding carboxylic acids is 2. The molecule has 33 heavy (non-hydrogen) atoms. The lowest BCUT2D eigenvalue weighted by molar-refractivity contribution is -0.158. The first-order valence-corrected chi connectivity index (χ1v) is 12.9. The summed E-state index contributed by atoms with van der Waals surface area (Å²) in [5.74, 6) is 0.992. The SMILES string of the molecule is COc1ccc(S(=O)(=O)NC(C)(C)C(=O)CC23CC4CC(C2)CC(C(N)=O)(C4)C3)c(OC)c1. The van der Waals surface area contributed by atoms with E-state index in [0.717, 1.165) is 32.1 Å². The van der Waals surface area contributed by atoms with Crippen LogP contribution in [-0.4, -0.2) is 39.9 Å². The summed E-state index contributed by atoms with van der Waals surface area (Å²) in [7, 11) is -1.19. The third-order valence-electron chi connectivity index (χ3n) is 7.99. The zero-order valence-electron chi connectivity index (χ0n) is 19.8. The van der Waals surface area contributed by atoms with Gasteiger partial charge in [0.2, 0.25) is 15.9 Å². The molecule has 9 heteroatoms. The molecule has 4 saturated carbocycles. The maximum atomic E-state index is 13.5. The fourth-order valence-electron chi connectivity index (χ4n) is 6.95. The van der Waals surface area contributed by atoms with Gasteiger partial charge in [0.25, 0.3) is 0 Å². The minimum atomic E-state index is -4.05. The number of ether oxygens (including phenoxy) is 2. The number of sulfonamides is 1. The van der Waals surface area contributed by atoms with Crippen LogP contribution in [0.4, 0.5) is 0 Å². The van der Waals surface area contributed by atoms with Crippen molar-refractivity contribution in [2.24, 2.45) is 28.4 Å². The summed E-state index contributed by atoms with van der Waals surface area (Å²) in [6, 6.07) is 4.42. The molecular formula is C24H34N2O6S. The first-order chi connectivity index (χ1) is 15.3. The third-order valence-corrected chi connectivity index (χ3v) is 9.68. The Hall–Kier alpha value is -2.13. The van der Waals surface area contributed by atoms with E-state index in [1.165, 1.54) is 32.4 Å². The first-order valence-electron chi connectivity index (χ1n) is 11.4. The fourth-order valence-corrected chi connectivity index (χ4v) is 8.50. The largest absolute Gasteiger partial charge is 0.497 e. The van der Waals surface area contributed by atoms with Gasteiger partial charge in [0.05, 0.1) is 25.2 Å². The number of nitrogens with one attached hydrogen (secondary N) is 1. The molecule has 0 heterocycles. The van der Waals surface area contributed by atoms with Crippen LogP contribution in [0.25, 0.3) is 0 Å². The molecule has 182 valence electrons. The molecule has 0 aliphatic heterocycles. The van der Waals surface area contributed by atoms with Crippen molar-refractivity contribution in [3.05, 3.63) is 18.2 Å². The molecule has 0 spiro atoms. The average molecular weight is 479 g/mol. The molecule has 1 amide bonds. The van der Waals surface area contributed by atoms with E-state index in [1.807, 2.05) is 0 Å². The second-order valence-corrected chi connectivity index (χ2v) is 12.6. The van der Waals surface area contributed by atoms with E-state index in [1.54, 1.807) is 13.8 Å². The molecule has 2 atom stereocenters. The Morgan fingerprint density at radius 3 is 2.30 bits per heavy atom. The first kappa shape index (κ1) is 24.0. The lowest BCUT2D eigenvalue weighted by atomic mass is 9.43. The van der Waals surface area contributed by atoms with Crippen LogP contribution in [0.15, 0.2) is 23.1 Å². The minimum absolute atomic E-state index is 0.0610. The topological polar surface area (TPSA) is 125 Å². The monoisotopic (exact) mass is 478 g/mol. The summed E-state index contributed by atoms with van der Waals surface area (Å²) in [5, 5.41) is 0. The van der Waals surface area contributed by atoms with Gasteiger partial charge in [-0.25, -0.2) is 8.42 Å². The molecule has 1 aromatic rings. The maximum Gasteiger partial charge on any atom is 0.245 e.